The molecule has 2 aromatic rings. The Hall–Kier alpha value is -2.40. The SMILES string of the molecule is C#CCOCCc1noc(-c2cnccc2C(F)(F)F)n1. The molecule has 0 fully saturated rings. The molecule has 0 aromatic carbocycles. The highest BCUT2D eigenvalue weighted by atomic mass is 19.4. The van der Waals surface area contributed by atoms with Crippen LogP contribution in [0.25, 0.3) is 11.5 Å². The largest absolute Gasteiger partial charge is 0.417 e. The Morgan fingerprint density at radius 3 is 2.90 bits per heavy atom. The zero-order valence-electron chi connectivity index (χ0n) is 10.7. The van der Waals surface area contributed by atoms with Crippen LogP contribution >= 0.6 is 0 Å². The van der Waals surface area contributed by atoms with E-state index in [0.717, 1.165) is 18.5 Å². The van der Waals surface area contributed by atoms with Crippen LogP contribution in [0.3, 0.4) is 0 Å². The van der Waals surface area contributed by atoms with E-state index in [2.05, 4.69) is 21.0 Å². The molecule has 0 saturated heterocycles. The lowest BCUT2D eigenvalue weighted by Gasteiger charge is -2.08. The summed E-state index contributed by atoms with van der Waals surface area (Å²) in [4.78, 5) is 7.56. The van der Waals surface area contributed by atoms with Crippen molar-refractivity contribution >= 4 is 0 Å². The van der Waals surface area contributed by atoms with Crippen LogP contribution < -0.4 is 0 Å². The summed E-state index contributed by atoms with van der Waals surface area (Å²) in [5.74, 6) is 2.29. The fraction of sp³-hybridized carbons (Fsp3) is 0.308. The molecular formula is C13H10F3N3O2. The molecule has 21 heavy (non-hydrogen) atoms. The number of rotatable bonds is 5. The summed E-state index contributed by atoms with van der Waals surface area (Å²) in [5.41, 5.74) is -1.13. The summed E-state index contributed by atoms with van der Waals surface area (Å²) in [6.07, 6.45) is 2.86. The van der Waals surface area contributed by atoms with Gasteiger partial charge in [-0.3, -0.25) is 4.98 Å². The summed E-state index contributed by atoms with van der Waals surface area (Å²) < 4.78 is 48.5. The van der Waals surface area contributed by atoms with Gasteiger partial charge in [-0.1, -0.05) is 11.1 Å². The van der Waals surface area contributed by atoms with E-state index in [1.54, 1.807) is 0 Å². The summed E-state index contributed by atoms with van der Waals surface area (Å²) in [5, 5.41) is 3.60. The van der Waals surface area contributed by atoms with Crippen molar-refractivity contribution in [2.45, 2.75) is 12.6 Å². The normalized spacial score (nSPS) is 11.3. The van der Waals surface area contributed by atoms with Crippen LogP contribution in [0.1, 0.15) is 11.4 Å². The first-order chi connectivity index (χ1) is 10.0. The fourth-order valence-electron chi connectivity index (χ4n) is 1.57. The van der Waals surface area contributed by atoms with Gasteiger partial charge in [0, 0.05) is 18.8 Å². The quantitative estimate of drug-likeness (QED) is 0.626. The third kappa shape index (κ3) is 3.79. The maximum atomic E-state index is 12.9. The summed E-state index contributed by atoms with van der Waals surface area (Å²) >= 11 is 0. The number of halogens is 3. The van der Waals surface area contributed by atoms with E-state index in [-0.39, 0.29) is 36.9 Å². The first-order valence-electron chi connectivity index (χ1n) is 5.87. The molecule has 0 amide bonds. The second-order valence-corrected chi connectivity index (χ2v) is 3.94. The molecule has 0 radical (unpaired) electrons. The minimum Gasteiger partial charge on any atom is -0.368 e. The van der Waals surface area contributed by atoms with Gasteiger partial charge in [0.1, 0.15) is 6.61 Å². The number of terminal acetylenes is 1. The maximum absolute atomic E-state index is 12.9. The third-order valence-corrected chi connectivity index (χ3v) is 2.48. The van der Waals surface area contributed by atoms with Crippen molar-refractivity contribution in [2.75, 3.05) is 13.2 Å². The van der Waals surface area contributed by atoms with Gasteiger partial charge in [-0.15, -0.1) is 6.42 Å². The molecule has 0 N–H and O–H groups in total. The van der Waals surface area contributed by atoms with Crippen LogP contribution in [0.2, 0.25) is 0 Å². The number of nitrogens with zero attached hydrogens (tertiary/aromatic N) is 3. The molecule has 0 saturated carbocycles. The summed E-state index contributed by atoms with van der Waals surface area (Å²) in [7, 11) is 0. The Morgan fingerprint density at radius 2 is 2.19 bits per heavy atom. The number of ether oxygens (including phenoxy) is 1. The van der Waals surface area contributed by atoms with Crippen molar-refractivity contribution in [3.8, 4) is 23.8 Å². The molecule has 0 spiro atoms. The van der Waals surface area contributed by atoms with E-state index < -0.39 is 11.7 Å². The van der Waals surface area contributed by atoms with E-state index in [1.165, 1.54) is 0 Å². The predicted molar refractivity (Wildman–Crippen MR) is 65.9 cm³/mol. The monoisotopic (exact) mass is 297 g/mol. The van der Waals surface area contributed by atoms with Crippen LogP contribution in [-0.2, 0) is 17.3 Å². The molecule has 2 aromatic heterocycles. The van der Waals surface area contributed by atoms with Gasteiger partial charge in [0.2, 0.25) is 0 Å². The third-order valence-electron chi connectivity index (χ3n) is 2.48. The van der Waals surface area contributed by atoms with E-state index in [4.69, 9.17) is 15.7 Å². The standard InChI is InChI=1S/C13H10F3N3O2/c1-2-6-20-7-4-11-18-12(21-19-11)9-8-17-5-3-10(9)13(14,15)16/h1,3,5,8H,4,6-7H2. The molecule has 0 unspecified atom stereocenters. The molecule has 0 atom stereocenters. The second kappa shape index (κ2) is 6.37. The molecule has 2 rings (SSSR count). The van der Waals surface area contributed by atoms with Crippen molar-refractivity contribution in [3.05, 3.63) is 29.8 Å². The van der Waals surface area contributed by atoms with E-state index in [0.29, 0.717) is 0 Å². The minimum atomic E-state index is -4.52. The highest BCUT2D eigenvalue weighted by Gasteiger charge is 2.35. The minimum absolute atomic E-state index is 0.144. The van der Waals surface area contributed by atoms with Crippen LogP contribution in [0.5, 0.6) is 0 Å². The van der Waals surface area contributed by atoms with Crippen molar-refractivity contribution < 1.29 is 22.4 Å². The number of hydrogen-bond acceptors (Lipinski definition) is 5. The highest BCUT2D eigenvalue weighted by Crippen LogP contribution is 2.35. The zero-order valence-corrected chi connectivity index (χ0v) is 10.7. The summed E-state index contributed by atoms with van der Waals surface area (Å²) in [6.45, 7) is 0.397. The van der Waals surface area contributed by atoms with Crippen molar-refractivity contribution in [1.82, 2.24) is 15.1 Å². The fourth-order valence-corrected chi connectivity index (χ4v) is 1.57. The lowest BCUT2D eigenvalue weighted by atomic mass is 10.1. The Kier molecular flexibility index (Phi) is 4.55. The van der Waals surface area contributed by atoms with Gasteiger partial charge in [0.25, 0.3) is 5.89 Å². The Balaban J connectivity index is 2.17. The van der Waals surface area contributed by atoms with E-state index >= 15 is 0 Å². The smallest absolute Gasteiger partial charge is 0.368 e. The van der Waals surface area contributed by atoms with Crippen LogP contribution in [0.15, 0.2) is 23.0 Å². The first kappa shape index (κ1) is 15.0. The Bertz CT molecular complexity index is 647. The molecule has 110 valence electrons. The molecule has 5 nitrogen and oxygen atoms in total. The number of pyridine rings is 1. The molecule has 8 heteroatoms. The molecule has 0 aliphatic carbocycles. The Morgan fingerprint density at radius 1 is 1.38 bits per heavy atom. The van der Waals surface area contributed by atoms with Crippen LogP contribution in [0, 0.1) is 12.3 Å². The molecule has 0 bridgehead atoms. The van der Waals surface area contributed by atoms with E-state index in [9.17, 15) is 13.2 Å². The van der Waals surface area contributed by atoms with Gasteiger partial charge in [-0.2, -0.15) is 18.2 Å². The Labute approximate surface area is 118 Å². The zero-order chi connectivity index (χ0) is 15.3. The highest BCUT2D eigenvalue weighted by molar-refractivity contribution is 5.57. The molecule has 0 aliphatic heterocycles. The topological polar surface area (TPSA) is 61.0 Å². The molecular weight excluding hydrogens is 287 g/mol. The molecule has 2 heterocycles. The second-order valence-electron chi connectivity index (χ2n) is 3.94. The maximum Gasteiger partial charge on any atom is 0.417 e. The molecule has 0 aliphatic rings. The number of aromatic nitrogens is 3. The van der Waals surface area contributed by atoms with Gasteiger partial charge in [-0.25, -0.2) is 0 Å². The number of hydrogen-bond donors (Lipinski definition) is 0. The van der Waals surface area contributed by atoms with Crippen LogP contribution in [0.4, 0.5) is 13.2 Å². The van der Waals surface area contributed by atoms with Crippen molar-refractivity contribution in [1.29, 1.82) is 0 Å². The van der Waals surface area contributed by atoms with Gasteiger partial charge in [-0.05, 0) is 6.07 Å². The average Bonchev–Trinajstić information content (AvgIpc) is 2.91. The average molecular weight is 297 g/mol. The predicted octanol–water partition coefficient (Wildman–Crippen LogP) is 2.34. The number of alkyl halides is 3. The lowest BCUT2D eigenvalue weighted by Crippen LogP contribution is -2.07. The lowest BCUT2D eigenvalue weighted by molar-refractivity contribution is -0.137. The van der Waals surface area contributed by atoms with Gasteiger partial charge in [0.15, 0.2) is 5.82 Å². The van der Waals surface area contributed by atoms with Crippen molar-refractivity contribution in [2.24, 2.45) is 0 Å². The first-order valence-corrected chi connectivity index (χ1v) is 5.87. The van der Waals surface area contributed by atoms with Gasteiger partial charge in [0.05, 0.1) is 17.7 Å². The van der Waals surface area contributed by atoms with E-state index in [1.807, 2.05) is 0 Å². The van der Waals surface area contributed by atoms with Crippen molar-refractivity contribution in [3.63, 3.8) is 0 Å². The van der Waals surface area contributed by atoms with Gasteiger partial charge >= 0.3 is 6.18 Å². The summed E-state index contributed by atoms with van der Waals surface area (Å²) in [6, 6.07) is 0.856. The van der Waals surface area contributed by atoms with Gasteiger partial charge < -0.3 is 9.26 Å². The van der Waals surface area contributed by atoms with Crippen LogP contribution in [-0.4, -0.2) is 28.3 Å².